The number of rotatable bonds is 3. The molecule has 2 aliphatic rings. The van der Waals surface area contributed by atoms with Crippen LogP contribution in [-0.2, 0) is 10.2 Å². The zero-order chi connectivity index (χ0) is 12.7. The molecule has 5 nitrogen and oxygen atoms in total. The quantitative estimate of drug-likeness (QED) is 0.731. The molecule has 2 heterocycles. The molecule has 0 radical (unpaired) electrons. The lowest BCUT2D eigenvalue weighted by Gasteiger charge is -2.18. The molecule has 17 heavy (non-hydrogen) atoms. The normalized spacial score (nSPS) is 30.8. The second kappa shape index (κ2) is 4.38. The van der Waals surface area contributed by atoms with E-state index >= 15 is 0 Å². The molecule has 9 heteroatoms. The van der Waals surface area contributed by atoms with Gasteiger partial charge in [-0.15, -0.1) is 0 Å². The Morgan fingerprint density at radius 2 is 1.76 bits per heavy atom. The highest BCUT2D eigenvalue weighted by Gasteiger charge is 2.42. The van der Waals surface area contributed by atoms with Crippen LogP contribution in [0.3, 0.4) is 0 Å². The summed E-state index contributed by atoms with van der Waals surface area (Å²) in [6.07, 6.45) is -4.52. The maximum absolute atomic E-state index is 11.9. The summed E-state index contributed by atoms with van der Waals surface area (Å²) in [5, 5.41) is 3.13. The van der Waals surface area contributed by atoms with Crippen molar-refractivity contribution < 1.29 is 21.6 Å². The summed E-state index contributed by atoms with van der Waals surface area (Å²) >= 11 is 0. The Kier molecular flexibility index (Phi) is 3.36. The fourth-order valence-electron chi connectivity index (χ4n) is 2.27. The van der Waals surface area contributed by atoms with E-state index in [1.165, 1.54) is 0 Å². The molecule has 2 aliphatic heterocycles. The Hall–Kier alpha value is -0.380. The Balaban J connectivity index is 1.93. The highest BCUT2D eigenvalue weighted by Crippen LogP contribution is 2.27. The van der Waals surface area contributed by atoms with Crippen molar-refractivity contribution >= 4 is 10.2 Å². The zero-order valence-electron chi connectivity index (χ0n) is 9.00. The number of nitrogens with zero attached hydrogens (tertiary/aromatic N) is 1. The minimum absolute atomic E-state index is 0.220. The number of hydrogen-bond donors (Lipinski definition) is 2. The lowest BCUT2D eigenvalue weighted by molar-refractivity contribution is -0.121. The van der Waals surface area contributed by atoms with Crippen molar-refractivity contribution in [2.75, 3.05) is 32.7 Å². The maximum atomic E-state index is 11.9. The van der Waals surface area contributed by atoms with Crippen LogP contribution in [0.2, 0.25) is 0 Å². The lowest BCUT2D eigenvalue weighted by Crippen LogP contribution is -2.44. The molecule has 0 amide bonds. The Morgan fingerprint density at radius 3 is 2.24 bits per heavy atom. The topological polar surface area (TPSA) is 61.4 Å². The van der Waals surface area contributed by atoms with Gasteiger partial charge in [-0.2, -0.15) is 30.6 Å². The SMILES string of the molecule is O=S(=O)(NCC(F)(F)F)N1CC2CNCC2C1. The third-order valence-electron chi connectivity index (χ3n) is 3.15. The summed E-state index contributed by atoms with van der Waals surface area (Å²) < 4.78 is 61.7. The van der Waals surface area contributed by atoms with Gasteiger partial charge >= 0.3 is 6.18 Å². The molecule has 0 aliphatic carbocycles. The summed E-state index contributed by atoms with van der Waals surface area (Å²) in [7, 11) is -4.00. The molecule has 0 aromatic carbocycles. The van der Waals surface area contributed by atoms with Crippen molar-refractivity contribution in [1.82, 2.24) is 14.3 Å². The molecule has 0 bridgehead atoms. The highest BCUT2D eigenvalue weighted by atomic mass is 32.2. The van der Waals surface area contributed by atoms with E-state index in [0.717, 1.165) is 17.4 Å². The van der Waals surface area contributed by atoms with Gasteiger partial charge in [-0.25, -0.2) is 0 Å². The standard InChI is InChI=1S/C8H14F3N3O2S/c9-8(10,11)5-13-17(15,16)14-3-6-1-12-2-7(6)4-14/h6-7,12-13H,1-5H2. The molecule has 0 spiro atoms. The fraction of sp³-hybridized carbons (Fsp3) is 1.00. The van der Waals surface area contributed by atoms with Gasteiger partial charge in [0.2, 0.25) is 0 Å². The number of fused-ring (bicyclic) bond motifs is 1. The van der Waals surface area contributed by atoms with Crippen LogP contribution in [0.5, 0.6) is 0 Å². The molecule has 2 rings (SSSR count). The highest BCUT2D eigenvalue weighted by molar-refractivity contribution is 7.87. The van der Waals surface area contributed by atoms with E-state index in [1.54, 1.807) is 4.72 Å². The lowest BCUT2D eigenvalue weighted by atomic mass is 10.0. The predicted octanol–water partition coefficient (Wildman–Crippen LogP) is -0.466. The molecule has 2 unspecified atom stereocenters. The molecular formula is C8H14F3N3O2S. The van der Waals surface area contributed by atoms with Crippen LogP contribution in [-0.4, -0.2) is 51.6 Å². The summed E-state index contributed by atoms with van der Waals surface area (Å²) in [5.41, 5.74) is 0. The van der Waals surface area contributed by atoms with E-state index in [1.807, 2.05) is 0 Å². The van der Waals surface area contributed by atoms with E-state index in [4.69, 9.17) is 0 Å². The summed E-state index contributed by atoms with van der Waals surface area (Å²) in [6, 6.07) is 0. The van der Waals surface area contributed by atoms with Crippen LogP contribution in [0.1, 0.15) is 0 Å². The van der Waals surface area contributed by atoms with E-state index in [-0.39, 0.29) is 11.8 Å². The van der Waals surface area contributed by atoms with Gasteiger partial charge in [0.15, 0.2) is 0 Å². The minimum Gasteiger partial charge on any atom is -0.316 e. The van der Waals surface area contributed by atoms with Crippen molar-refractivity contribution in [2.45, 2.75) is 6.18 Å². The molecule has 0 saturated carbocycles. The monoisotopic (exact) mass is 273 g/mol. The van der Waals surface area contributed by atoms with Crippen LogP contribution < -0.4 is 10.0 Å². The molecule has 2 atom stereocenters. The van der Waals surface area contributed by atoms with Gasteiger partial charge in [-0.1, -0.05) is 0 Å². The summed E-state index contributed by atoms with van der Waals surface area (Å²) in [6.45, 7) is 0.543. The first kappa shape index (κ1) is 13.1. The molecule has 2 fully saturated rings. The van der Waals surface area contributed by atoms with Crippen LogP contribution in [0.25, 0.3) is 0 Å². The number of nitrogens with one attached hydrogen (secondary N) is 2. The van der Waals surface area contributed by atoms with Crippen molar-refractivity contribution in [1.29, 1.82) is 0 Å². The molecule has 2 saturated heterocycles. The summed E-state index contributed by atoms with van der Waals surface area (Å²) in [4.78, 5) is 0. The van der Waals surface area contributed by atoms with Gasteiger partial charge in [0, 0.05) is 13.1 Å². The first-order valence-corrected chi connectivity index (χ1v) is 6.74. The predicted molar refractivity (Wildman–Crippen MR) is 54.4 cm³/mol. The average molecular weight is 273 g/mol. The van der Waals surface area contributed by atoms with E-state index < -0.39 is 22.9 Å². The van der Waals surface area contributed by atoms with Crippen LogP contribution in [0.4, 0.5) is 13.2 Å². The maximum Gasteiger partial charge on any atom is 0.402 e. The molecule has 2 N–H and O–H groups in total. The van der Waals surface area contributed by atoms with Crippen LogP contribution in [0.15, 0.2) is 0 Å². The van der Waals surface area contributed by atoms with Gasteiger partial charge in [0.05, 0.1) is 0 Å². The van der Waals surface area contributed by atoms with Gasteiger partial charge in [-0.3, -0.25) is 0 Å². The molecule has 100 valence electrons. The van der Waals surface area contributed by atoms with Gasteiger partial charge in [0.1, 0.15) is 6.54 Å². The van der Waals surface area contributed by atoms with Gasteiger partial charge in [0.25, 0.3) is 10.2 Å². The van der Waals surface area contributed by atoms with E-state index in [0.29, 0.717) is 13.1 Å². The molecular weight excluding hydrogens is 259 g/mol. The summed E-state index contributed by atoms with van der Waals surface area (Å²) in [5.74, 6) is 0.440. The fourth-order valence-corrected chi connectivity index (χ4v) is 3.58. The van der Waals surface area contributed by atoms with Gasteiger partial charge in [-0.05, 0) is 24.9 Å². The van der Waals surface area contributed by atoms with Crippen LogP contribution >= 0.6 is 0 Å². The minimum atomic E-state index is -4.52. The molecule has 0 aromatic heterocycles. The number of halogens is 3. The number of alkyl halides is 3. The van der Waals surface area contributed by atoms with Crippen molar-refractivity contribution in [3.05, 3.63) is 0 Å². The largest absolute Gasteiger partial charge is 0.402 e. The van der Waals surface area contributed by atoms with Gasteiger partial charge < -0.3 is 5.32 Å². The Morgan fingerprint density at radius 1 is 1.24 bits per heavy atom. The van der Waals surface area contributed by atoms with Crippen LogP contribution in [0, 0.1) is 11.8 Å². The molecule has 0 aromatic rings. The van der Waals surface area contributed by atoms with Crippen molar-refractivity contribution in [3.8, 4) is 0 Å². The van der Waals surface area contributed by atoms with E-state index in [9.17, 15) is 21.6 Å². The second-order valence-corrected chi connectivity index (χ2v) is 6.19. The second-order valence-electron chi connectivity index (χ2n) is 4.44. The third kappa shape index (κ3) is 3.09. The van der Waals surface area contributed by atoms with Crippen molar-refractivity contribution in [3.63, 3.8) is 0 Å². The smallest absolute Gasteiger partial charge is 0.316 e. The third-order valence-corrected chi connectivity index (χ3v) is 4.64. The van der Waals surface area contributed by atoms with Crippen molar-refractivity contribution in [2.24, 2.45) is 11.8 Å². The first-order chi connectivity index (χ1) is 7.78. The zero-order valence-corrected chi connectivity index (χ0v) is 9.81. The Bertz CT molecular complexity index is 372. The Labute approximate surface area is 97.5 Å². The first-order valence-electron chi connectivity index (χ1n) is 5.30. The average Bonchev–Trinajstić information content (AvgIpc) is 2.72. The van der Waals surface area contributed by atoms with E-state index in [2.05, 4.69) is 5.32 Å². The number of hydrogen-bond acceptors (Lipinski definition) is 3.